The van der Waals surface area contributed by atoms with Crippen LogP contribution < -0.4 is 10.1 Å². The molecule has 3 aromatic rings. The number of benzene rings is 1. The van der Waals surface area contributed by atoms with Crippen LogP contribution in [0.5, 0.6) is 5.88 Å². The molecular formula is C27H28F3N5O3. The number of halogens is 3. The Morgan fingerprint density at radius 1 is 1.24 bits per heavy atom. The van der Waals surface area contributed by atoms with Crippen molar-refractivity contribution in [1.82, 2.24) is 15.0 Å². The molecule has 8 nitrogen and oxygen atoms in total. The third kappa shape index (κ3) is 4.41. The molecule has 2 aliphatic rings. The number of ether oxygens (including phenoxy) is 2. The Balaban J connectivity index is 1.56. The molecular weight excluding hydrogens is 499 g/mol. The van der Waals surface area contributed by atoms with E-state index in [1.807, 2.05) is 0 Å². The first-order valence-corrected chi connectivity index (χ1v) is 12.4. The molecule has 38 heavy (non-hydrogen) atoms. The first kappa shape index (κ1) is 26.1. The fourth-order valence-corrected chi connectivity index (χ4v) is 4.44. The molecule has 0 radical (unpaired) electrons. The van der Waals surface area contributed by atoms with Gasteiger partial charge in [-0.1, -0.05) is 12.1 Å². The Kier molecular flexibility index (Phi) is 6.23. The zero-order chi connectivity index (χ0) is 27.5. The van der Waals surface area contributed by atoms with Crippen molar-refractivity contribution in [2.45, 2.75) is 69.6 Å². The number of nitriles is 1. The van der Waals surface area contributed by atoms with Crippen molar-refractivity contribution in [1.29, 1.82) is 5.26 Å². The van der Waals surface area contributed by atoms with Crippen LogP contribution in [0.1, 0.15) is 62.2 Å². The number of aryl methyl sites for hydroxylation is 1. The number of fused-ring (bicyclic) bond motifs is 1. The van der Waals surface area contributed by atoms with E-state index >= 15 is 4.39 Å². The lowest BCUT2D eigenvalue weighted by molar-refractivity contribution is -0.170. The highest BCUT2D eigenvalue weighted by atomic mass is 19.3. The number of hydrogen-bond donors (Lipinski definition) is 2. The van der Waals surface area contributed by atoms with Gasteiger partial charge in [-0.25, -0.2) is 14.4 Å². The largest absolute Gasteiger partial charge is 0.469 e. The lowest BCUT2D eigenvalue weighted by atomic mass is 9.91. The number of aromatic nitrogens is 3. The fraction of sp³-hybridized carbons (Fsp3) is 0.481. The lowest BCUT2D eigenvalue weighted by Gasteiger charge is -2.30. The Morgan fingerprint density at radius 3 is 2.53 bits per heavy atom. The van der Waals surface area contributed by atoms with Gasteiger partial charge in [-0.05, 0) is 52.7 Å². The zero-order valence-electron chi connectivity index (χ0n) is 21.5. The molecule has 200 valence electrons. The van der Waals surface area contributed by atoms with E-state index in [1.165, 1.54) is 12.1 Å². The highest BCUT2D eigenvalue weighted by Gasteiger charge is 2.50. The number of nitrogens with zero attached hydrogens (tertiary/aromatic N) is 4. The summed E-state index contributed by atoms with van der Waals surface area (Å²) in [5.74, 6) is -3.90. The minimum absolute atomic E-state index is 0.0235. The van der Waals surface area contributed by atoms with Crippen LogP contribution >= 0.6 is 0 Å². The van der Waals surface area contributed by atoms with Gasteiger partial charge in [0, 0.05) is 11.1 Å². The number of rotatable bonds is 8. The SMILES string of the molecule is Cc1nc(N[C@H](C)c2cccc(C(F)(F)C(C)(C)O)c2F)c2cc(C3(C#N)CC3)c(OC3COC3)nc2n1. The number of pyridine rings is 1. The second kappa shape index (κ2) is 9.06. The van der Waals surface area contributed by atoms with Crippen LogP contribution in [-0.4, -0.2) is 45.0 Å². The molecule has 2 N–H and O–H groups in total. The monoisotopic (exact) mass is 527 g/mol. The zero-order valence-corrected chi connectivity index (χ0v) is 21.5. The topological polar surface area (TPSA) is 113 Å². The van der Waals surface area contributed by atoms with Gasteiger partial charge >= 0.3 is 5.92 Å². The molecule has 2 aromatic heterocycles. The molecule has 1 atom stereocenters. The summed E-state index contributed by atoms with van der Waals surface area (Å²) in [6.07, 6.45) is 1.16. The van der Waals surface area contributed by atoms with Gasteiger partial charge in [0.25, 0.3) is 0 Å². The van der Waals surface area contributed by atoms with Gasteiger partial charge in [-0.2, -0.15) is 19.0 Å². The number of anilines is 1. The van der Waals surface area contributed by atoms with Crippen molar-refractivity contribution >= 4 is 16.9 Å². The highest BCUT2D eigenvalue weighted by Crippen LogP contribution is 2.51. The van der Waals surface area contributed by atoms with E-state index in [-0.39, 0.29) is 11.7 Å². The quantitative estimate of drug-likeness (QED) is 0.428. The first-order chi connectivity index (χ1) is 17.9. The maximum absolute atomic E-state index is 15.4. The predicted molar refractivity (Wildman–Crippen MR) is 132 cm³/mol. The highest BCUT2D eigenvalue weighted by molar-refractivity contribution is 5.88. The molecule has 0 spiro atoms. The summed E-state index contributed by atoms with van der Waals surface area (Å²) in [4.78, 5) is 13.5. The summed E-state index contributed by atoms with van der Waals surface area (Å²) >= 11 is 0. The summed E-state index contributed by atoms with van der Waals surface area (Å²) in [6, 6.07) is 7.05. The van der Waals surface area contributed by atoms with Gasteiger partial charge < -0.3 is 19.9 Å². The van der Waals surface area contributed by atoms with Crippen LogP contribution in [0.3, 0.4) is 0 Å². The molecule has 5 rings (SSSR count). The first-order valence-electron chi connectivity index (χ1n) is 12.4. The Morgan fingerprint density at radius 2 is 1.95 bits per heavy atom. The third-order valence-corrected chi connectivity index (χ3v) is 7.08. The molecule has 1 saturated carbocycles. The second-order valence-electron chi connectivity index (χ2n) is 10.5. The minimum atomic E-state index is -3.82. The molecule has 1 aromatic carbocycles. The van der Waals surface area contributed by atoms with Gasteiger partial charge in [-0.3, -0.25) is 0 Å². The second-order valence-corrected chi connectivity index (χ2v) is 10.5. The normalized spacial score (nSPS) is 18.0. The molecule has 1 saturated heterocycles. The van der Waals surface area contributed by atoms with E-state index < -0.39 is 34.4 Å². The molecule has 3 heterocycles. The van der Waals surface area contributed by atoms with Crippen LogP contribution in [0.4, 0.5) is 19.0 Å². The van der Waals surface area contributed by atoms with E-state index in [4.69, 9.17) is 9.47 Å². The van der Waals surface area contributed by atoms with Crippen molar-refractivity contribution in [3.8, 4) is 11.9 Å². The van der Waals surface area contributed by atoms with Crippen molar-refractivity contribution < 1.29 is 27.8 Å². The van der Waals surface area contributed by atoms with Gasteiger partial charge in [0.1, 0.15) is 29.2 Å². The minimum Gasteiger partial charge on any atom is -0.469 e. The predicted octanol–water partition coefficient (Wildman–Crippen LogP) is 4.84. The molecule has 2 fully saturated rings. The molecule has 0 bridgehead atoms. The van der Waals surface area contributed by atoms with Crippen LogP contribution in [0, 0.1) is 24.1 Å². The molecule has 0 amide bonds. The lowest BCUT2D eigenvalue weighted by Crippen LogP contribution is -2.41. The number of hydrogen-bond acceptors (Lipinski definition) is 8. The van der Waals surface area contributed by atoms with Crippen molar-refractivity contribution in [2.75, 3.05) is 18.5 Å². The van der Waals surface area contributed by atoms with Crippen LogP contribution in [0.2, 0.25) is 0 Å². The molecule has 1 aliphatic heterocycles. The van der Waals surface area contributed by atoms with Crippen LogP contribution in [0.25, 0.3) is 11.0 Å². The van der Waals surface area contributed by atoms with Gasteiger partial charge in [0.15, 0.2) is 5.65 Å². The van der Waals surface area contributed by atoms with E-state index in [9.17, 15) is 19.1 Å². The van der Waals surface area contributed by atoms with Crippen LogP contribution in [-0.2, 0) is 16.1 Å². The van der Waals surface area contributed by atoms with Crippen molar-refractivity contribution in [2.24, 2.45) is 0 Å². The Hall–Kier alpha value is -3.49. The summed E-state index contributed by atoms with van der Waals surface area (Å²) < 4.78 is 56.3. The summed E-state index contributed by atoms with van der Waals surface area (Å²) in [7, 11) is 0. The fourth-order valence-electron chi connectivity index (χ4n) is 4.44. The van der Waals surface area contributed by atoms with Gasteiger partial charge in [-0.15, -0.1) is 0 Å². The smallest absolute Gasteiger partial charge is 0.303 e. The van der Waals surface area contributed by atoms with E-state index in [0.717, 1.165) is 19.9 Å². The summed E-state index contributed by atoms with van der Waals surface area (Å²) in [6.45, 7) is 6.03. The average molecular weight is 528 g/mol. The van der Waals surface area contributed by atoms with E-state index in [2.05, 4.69) is 26.3 Å². The molecule has 1 aliphatic carbocycles. The maximum atomic E-state index is 15.4. The standard InChI is InChI=1S/C27H28F3N5O3/c1-14(17-6-5-7-19(21(17)28)27(29,30)25(3,4)36)32-22-18-10-20(26(13-31)8-9-26)24(38-16-11-37-12-16)35-23(18)34-15(2)33-22/h5-7,10,14,16,36H,8-9,11-12H2,1-4H3,(H,32,33,34,35)/t14-/m1/s1. The Bertz CT molecular complexity index is 1440. The van der Waals surface area contributed by atoms with Crippen molar-refractivity contribution in [3.63, 3.8) is 0 Å². The summed E-state index contributed by atoms with van der Waals surface area (Å²) in [5.41, 5.74) is -3.16. The van der Waals surface area contributed by atoms with Gasteiger partial charge in [0.2, 0.25) is 5.88 Å². The average Bonchev–Trinajstić information content (AvgIpc) is 3.61. The van der Waals surface area contributed by atoms with Gasteiger partial charge in [0.05, 0.1) is 41.7 Å². The number of aliphatic hydroxyl groups is 1. The molecule has 11 heteroatoms. The molecule has 0 unspecified atom stereocenters. The maximum Gasteiger partial charge on any atom is 0.303 e. The number of alkyl halides is 2. The number of nitrogens with one attached hydrogen (secondary N) is 1. The van der Waals surface area contributed by atoms with Crippen molar-refractivity contribution in [3.05, 3.63) is 52.6 Å². The third-order valence-electron chi connectivity index (χ3n) is 7.08. The van der Waals surface area contributed by atoms with E-state index in [0.29, 0.717) is 60.2 Å². The van der Waals surface area contributed by atoms with E-state index in [1.54, 1.807) is 19.9 Å². The summed E-state index contributed by atoms with van der Waals surface area (Å²) in [5, 5.41) is 23.4. The Labute approximate surface area is 217 Å². The van der Waals surface area contributed by atoms with Crippen LogP contribution in [0.15, 0.2) is 24.3 Å².